The molecule has 0 saturated carbocycles. The maximum atomic E-state index is 4.72. The van der Waals surface area contributed by atoms with Crippen molar-refractivity contribution in [2.75, 3.05) is 0 Å². The maximum Gasteiger partial charge on any atom is 0.194 e. The van der Waals surface area contributed by atoms with E-state index >= 15 is 0 Å². The summed E-state index contributed by atoms with van der Waals surface area (Å²) in [5.41, 5.74) is 4.19. The summed E-state index contributed by atoms with van der Waals surface area (Å²) in [6.07, 6.45) is 6.27. The van der Waals surface area contributed by atoms with Gasteiger partial charge in [0.2, 0.25) is 0 Å². The molecule has 0 N–H and O–H groups in total. The lowest BCUT2D eigenvalue weighted by molar-refractivity contribution is 0.672. The lowest BCUT2D eigenvalue weighted by Crippen LogP contribution is -2.03. The third-order valence-electron chi connectivity index (χ3n) is 3.38. The van der Waals surface area contributed by atoms with Crippen LogP contribution in [0, 0.1) is 6.92 Å². The van der Waals surface area contributed by atoms with Crippen LogP contribution in [0.3, 0.4) is 0 Å². The van der Waals surface area contributed by atoms with Crippen LogP contribution in [0.5, 0.6) is 0 Å². The van der Waals surface area contributed by atoms with E-state index in [1.54, 1.807) is 10.6 Å². The summed E-state index contributed by atoms with van der Waals surface area (Å²) in [5, 5.41) is 0. The highest BCUT2D eigenvalue weighted by Gasteiger charge is 2.19. The molecule has 80 valence electrons. The number of thiazole rings is 1. The van der Waals surface area contributed by atoms with Crippen LogP contribution in [-0.4, -0.2) is 9.38 Å². The van der Waals surface area contributed by atoms with E-state index < -0.39 is 0 Å². The van der Waals surface area contributed by atoms with Crippen LogP contribution in [0.15, 0.2) is 0 Å². The smallest absolute Gasteiger partial charge is 0.194 e. The highest BCUT2D eigenvalue weighted by molar-refractivity contribution is 7.17. The topological polar surface area (TPSA) is 17.3 Å². The van der Waals surface area contributed by atoms with Crippen molar-refractivity contribution in [3.8, 4) is 0 Å². The number of nitrogens with zero attached hydrogens (tertiary/aromatic N) is 2. The molecule has 3 heteroatoms. The Bertz CT molecular complexity index is 507. The Morgan fingerprint density at radius 2 is 2.13 bits per heavy atom. The highest BCUT2D eigenvalue weighted by Crippen LogP contribution is 2.31. The Labute approximate surface area is 94.0 Å². The maximum absolute atomic E-state index is 4.72. The van der Waals surface area contributed by atoms with Crippen molar-refractivity contribution in [3.63, 3.8) is 0 Å². The molecular formula is C12H16N2S. The number of aromatic nitrogens is 2. The van der Waals surface area contributed by atoms with E-state index in [0.29, 0.717) is 0 Å². The first kappa shape index (κ1) is 9.40. The molecule has 15 heavy (non-hydrogen) atoms. The predicted octanol–water partition coefficient (Wildman–Crippen LogP) is 3.15. The first-order chi connectivity index (χ1) is 7.31. The van der Waals surface area contributed by atoms with E-state index in [-0.39, 0.29) is 0 Å². The van der Waals surface area contributed by atoms with Gasteiger partial charge in [0.1, 0.15) is 0 Å². The molecule has 0 radical (unpaired) electrons. The SMILES string of the molecule is CCc1nc2sc3c(n2c1C)CCCC3. The number of fused-ring (bicyclic) bond motifs is 3. The van der Waals surface area contributed by atoms with Gasteiger partial charge in [-0.25, -0.2) is 4.98 Å². The van der Waals surface area contributed by atoms with Crippen LogP contribution in [0.4, 0.5) is 0 Å². The van der Waals surface area contributed by atoms with Gasteiger partial charge < -0.3 is 0 Å². The van der Waals surface area contributed by atoms with Gasteiger partial charge in [0.05, 0.1) is 5.69 Å². The minimum absolute atomic E-state index is 1.05. The fourth-order valence-electron chi connectivity index (χ4n) is 2.56. The van der Waals surface area contributed by atoms with E-state index in [4.69, 9.17) is 4.98 Å². The van der Waals surface area contributed by atoms with Crippen molar-refractivity contribution >= 4 is 16.3 Å². The van der Waals surface area contributed by atoms with Crippen LogP contribution in [-0.2, 0) is 19.3 Å². The molecule has 3 rings (SSSR count). The largest absolute Gasteiger partial charge is 0.291 e. The molecule has 2 nitrogen and oxygen atoms in total. The summed E-state index contributed by atoms with van der Waals surface area (Å²) in [6, 6.07) is 0. The molecule has 1 aliphatic rings. The Morgan fingerprint density at radius 3 is 2.93 bits per heavy atom. The molecule has 0 saturated heterocycles. The molecular weight excluding hydrogens is 204 g/mol. The summed E-state index contributed by atoms with van der Waals surface area (Å²) in [7, 11) is 0. The van der Waals surface area contributed by atoms with Gasteiger partial charge >= 0.3 is 0 Å². The molecule has 0 unspecified atom stereocenters. The van der Waals surface area contributed by atoms with Gasteiger partial charge in [-0.3, -0.25) is 4.40 Å². The van der Waals surface area contributed by atoms with Gasteiger partial charge in [0.15, 0.2) is 4.96 Å². The van der Waals surface area contributed by atoms with Gasteiger partial charge in [-0.1, -0.05) is 6.92 Å². The van der Waals surface area contributed by atoms with Crippen LogP contribution < -0.4 is 0 Å². The molecule has 0 aliphatic heterocycles. The molecule has 0 amide bonds. The fourth-order valence-corrected chi connectivity index (χ4v) is 3.83. The Kier molecular flexibility index (Phi) is 2.09. The highest BCUT2D eigenvalue weighted by atomic mass is 32.1. The molecule has 0 spiro atoms. The summed E-state index contributed by atoms with van der Waals surface area (Å²) < 4.78 is 2.40. The number of hydrogen-bond acceptors (Lipinski definition) is 2. The minimum Gasteiger partial charge on any atom is -0.291 e. The number of hydrogen-bond donors (Lipinski definition) is 0. The minimum atomic E-state index is 1.05. The molecule has 0 bridgehead atoms. The third-order valence-corrected chi connectivity index (χ3v) is 4.53. The van der Waals surface area contributed by atoms with Gasteiger partial charge in [0.25, 0.3) is 0 Å². The summed E-state index contributed by atoms with van der Waals surface area (Å²) in [4.78, 5) is 7.51. The summed E-state index contributed by atoms with van der Waals surface area (Å²) >= 11 is 1.90. The van der Waals surface area contributed by atoms with Crippen LogP contribution in [0.2, 0.25) is 0 Å². The molecule has 0 atom stereocenters. The third kappa shape index (κ3) is 1.26. The van der Waals surface area contributed by atoms with Crippen LogP contribution in [0.1, 0.15) is 41.7 Å². The van der Waals surface area contributed by atoms with Gasteiger partial charge in [-0.15, -0.1) is 11.3 Å². The summed E-state index contributed by atoms with van der Waals surface area (Å²) in [6.45, 7) is 4.40. The van der Waals surface area contributed by atoms with E-state index in [1.807, 2.05) is 11.3 Å². The van der Waals surface area contributed by atoms with Crippen molar-refractivity contribution in [2.24, 2.45) is 0 Å². The van der Waals surface area contributed by atoms with E-state index in [1.165, 1.54) is 42.0 Å². The molecule has 0 fully saturated rings. The Balaban J connectivity index is 2.28. The zero-order valence-electron chi connectivity index (χ0n) is 9.34. The first-order valence-corrected chi connectivity index (χ1v) is 6.61. The lowest BCUT2D eigenvalue weighted by Gasteiger charge is -2.11. The zero-order valence-corrected chi connectivity index (χ0v) is 10.2. The molecule has 2 heterocycles. The number of imidazole rings is 1. The van der Waals surface area contributed by atoms with Crippen LogP contribution >= 0.6 is 11.3 Å². The fraction of sp³-hybridized carbons (Fsp3) is 0.583. The molecule has 0 aromatic carbocycles. The molecule has 2 aromatic rings. The van der Waals surface area contributed by atoms with Crippen molar-refractivity contribution in [2.45, 2.75) is 46.0 Å². The molecule has 1 aliphatic carbocycles. The zero-order chi connectivity index (χ0) is 10.4. The first-order valence-electron chi connectivity index (χ1n) is 5.79. The average Bonchev–Trinajstić information content (AvgIpc) is 2.75. The lowest BCUT2D eigenvalue weighted by atomic mass is 10.0. The van der Waals surface area contributed by atoms with Crippen molar-refractivity contribution < 1.29 is 0 Å². The molecule has 2 aromatic heterocycles. The quantitative estimate of drug-likeness (QED) is 0.721. The van der Waals surface area contributed by atoms with E-state index in [0.717, 1.165) is 6.42 Å². The normalized spacial score (nSPS) is 15.9. The second kappa shape index (κ2) is 3.34. The number of aryl methyl sites for hydroxylation is 4. The van der Waals surface area contributed by atoms with E-state index in [2.05, 4.69) is 18.2 Å². The monoisotopic (exact) mass is 220 g/mol. The van der Waals surface area contributed by atoms with Crippen molar-refractivity contribution in [1.29, 1.82) is 0 Å². The van der Waals surface area contributed by atoms with Crippen molar-refractivity contribution in [3.05, 3.63) is 22.0 Å². The summed E-state index contributed by atoms with van der Waals surface area (Å²) in [5.74, 6) is 0. The predicted molar refractivity (Wildman–Crippen MR) is 63.8 cm³/mol. The second-order valence-electron chi connectivity index (χ2n) is 4.29. The van der Waals surface area contributed by atoms with E-state index in [9.17, 15) is 0 Å². The Hall–Kier alpha value is -0.830. The van der Waals surface area contributed by atoms with Gasteiger partial charge in [-0.05, 0) is 39.0 Å². The standard InChI is InChI=1S/C12H16N2S/c1-3-9-8(2)14-10-6-4-5-7-11(10)15-12(14)13-9/h3-7H2,1-2H3. The Morgan fingerprint density at radius 1 is 1.33 bits per heavy atom. The van der Waals surface area contributed by atoms with Crippen molar-refractivity contribution in [1.82, 2.24) is 9.38 Å². The van der Waals surface area contributed by atoms with Crippen LogP contribution in [0.25, 0.3) is 4.96 Å². The average molecular weight is 220 g/mol. The second-order valence-corrected chi connectivity index (χ2v) is 5.36. The number of rotatable bonds is 1. The van der Waals surface area contributed by atoms with Gasteiger partial charge in [0, 0.05) is 16.3 Å². The van der Waals surface area contributed by atoms with Gasteiger partial charge in [-0.2, -0.15) is 0 Å².